The van der Waals surface area contributed by atoms with E-state index in [9.17, 15) is 0 Å². The molecule has 0 atom stereocenters. The van der Waals surface area contributed by atoms with Crippen molar-refractivity contribution in [2.75, 3.05) is 18.8 Å². The molecule has 1 aliphatic rings. The van der Waals surface area contributed by atoms with Gasteiger partial charge in [-0.1, -0.05) is 23.9 Å². The second-order valence-corrected chi connectivity index (χ2v) is 5.16. The van der Waals surface area contributed by atoms with Crippen molar-refractivity contribution in [1.29, 1.82) is 0 Å². The van der Waals surface area contributed by atoms with Crippen LogP contribution in [0.25, 0.3) is 11.1 Å². The van der Waals surface area contributed by atoms with Crippen molar-refractivity contribution < 1.29 is 4.42 Å². The lowest BCUT2D eigenvalue weighted by Crippen LogP contribution is -2.42. The van der Waals surface area contributed by atoms with E-state index in [4.69, 9.17) is 4.42 Å². The van der Waals surface area contributed by atoms with Crippen molar-refractivity contribution in [1.82, 2.24) is 10.3 Å². The Kier molecular flexibility index (Phi) is 2.84. The fraction of sp³-hybridized carbons (Fsp3) is 0.417. The van der Waals surface area contributed by atoms with Crippen molar-refractivity contribution in [2.45, 2.75) is 11.6 Å². The molecular weight excluding hydrogens is 220 g/mol. The molecule has 1 saturated heterocycles. The van der Waals surface area contributed by atoms with Crippen LogP contribution >= 0.6 is 11.8 Å². The van der Waals surface area contributed by atoms with E-state index in [1.807, 2.05) is 24.3 Å². The number of hydrogen-bond donors (Lipinski definition) is 1. The molecule has 0 spiro atoms. The van der Waals surface area contributed by atoms with Crippen LogP contribution in [0.4, 0.5) is 0 Å². The topological polar surface area (TPSA) is 38.1 Å². The minimum Gasteiger partial charge on any atom is -0.431 e. The van der Waals surface area contributed by atoms with Crippen LogP contribution in [0.15, 0.2) is 33.9 Å². The molecule has 2 aromatic rings. The molecule has 1 fully saturated rings. The Morgan fingerprint density at radius 1 is 1.38 bits per heavy atom. The first kappa shape index (κ1) is 10.2. The summed E-state index contributed by atoms with van der Waals surface area (Å²) in [6, 6.07) is 7.91. The van der Waals surface area contributed by atoms with Crippen LogP contribution in [-0.4, -0.2) is 23.8 Å². The van der Waals surface area contributed by atoms with Gasteiger partial charge < -0.3 is 9.73 Å². The van der Waals surface area contributed by atoms with Gasteiger partial charge >= 0.3 is 0 Å². The summed E-state index contributed by atoms with van der Waals surface area (Å²) in [5.41, 5.74) is 1.84. The highest BCUT2D eigenvalue weighted by Gasteiger charge is 2.16. The van der Waals surface area contributed by atoms with E-state index in [0.29, 0.717) is 0 Å². The van der Waals surface area contributed by atoms with E-state index in [-0.39, 0.29) is 0 Å². The average molecular weight is 234 g/mol. The van der Waals surface area contributed by atoms with Gasteiger partial charge in [0, 0.05) is 5.75 Å². The summed E-state index contributed by atoms with van der Waals surface area (Å²) in [6.45, 7) is 2.35. The monoisotopic (exact) mass is 234 g/mol. The highest BCUT2D eigenvalue weighted by atomic mass is 32.2. The Bertz CT molecular complexity index is 446. The number of hydrogen-bond acceptors (Lipinski definition) is 4. The molecule has 1 aromatic heterocycles. The summed E-state index contributed by atoms with van der Waals surface area (Å²) in [7, 11) is 0. The summed E-state index contributed by atoms with van der Waals surface area (Å²) in [5, 5.41) is 4.08. The molecule has 0 bridgehead atoms. The first-order chi connectivity index (χ1) is 7.92. The van der Waals surface area contributed by atoms with Gasteiger partial charge in [0.25, 0.3) is 5.22 Å². The molecule has 0 radical (unpaired) electrons. The Morgan fingerprint density at radius 2 is 2.25 bits per heavy atom. The average Bonchev–Trinajstić information content (AvgIpc) is 2.64. The predicted molar refractivity (Wildman–Crippen MR) is 65.7 cm³/mol. The third-order valence-corrected chi connectivity index (χ3v) is 3.75. The number of nitrogens with zero attached hydrogens (tertiary/aromatic N) is 1. The Labute approximate surface area is 98.6 Å². The van der Waals surface area contributed by atoms with Gasteiger partial charge in [0.2, 0.25) is 0 Å². The van der Waals surface area contributed by atoms with Gasteiger partial charge in [-0.3, -0.25) is 0 Å². The number of aromatic nitrogens is 1. The summed E-state index contributed by atoms with van der Waals surface area (Å²) in [6.07, 6.45) is 1.25. The Morgan fingerprint density at radius 3 is 3.00 bits per heavy atom. The number of fused-ring (bicyclic) bond motifs is 1. The van der Waals surface area contributed by atoms with Crippen molar-refractivity contribution in [3.8, 4) is 0 Å². The van der Waals surface area contributed by atoms with Gasteiger partial charge in [-0.25, -0.2) is 4.98 Å². The van der Waals surface area contributed by atoms with E-state index >= 15 is 0 Å². The van der Waals surface area contributed by atoms with Gasteiger partial charge in [0.05, 0.1) is 0 Å². The SMILES string of the molecule is c1ccc2oc(SCCC3CNC3)nc2c1. The second-order valence-electron chi connectivity index (χ2n) is 4.11. The number of rotatable bonds is 4. The molecule has 0 unspecified atom stereocenters. The molecule has 1 aromatic carbocycles. The molecule has 16 heavy (non-hydrogen) atoms. The van der Waals surface area contributed by atoms with E-state index in [0.717, 1.165) is 28.0 Å². The molecule has 84 valence electrons. The van der Waals surface area contributed by atoms with Gasteiger partial charge in [-0.05, 0) is 37.6 Å². The van der Waals surface area contributed by atoms with Crippen LogP contribution in [-0.2, 0) is 0 Å². The molecule has 0 aliphatic carbocycles. The largest absolute Gasteiger partial charge is 0.431 e. The van der Waals surface area contributed by atoms with Gasteiger partial charge in [0.1, 0.15) is 5.52 Å². The Hall–Kier alpha value is -1.00. The quantitative estimate of drug-likeness (QED) is 0.825. The predicted octanol–water partition coefficient (Wildman–Crippen LogP) is 2.53. The fourth-order valence-corrected chi connectivity index (χ4v) is 2.72. The van der Waals surface area contributed by atoms with Crippen LogP contribution in [0.5, 0.6) is 0 Å². The summed E-state index contributed by atoms with van der Waals surface area (Å²) in [5.74, 6) is 1.95. The second kappa shape index (κ2) is 4.47. The lowest BCUT2D eigenvalue weighted by atomic mass is 10.0. The van der Waals surface area contributed by atoms with Gasteiger partial charge in [0.15, 0.2) is 5.58 Å². The van der Waals surface area contributed by atoms with E-state index in [1.54, 1.807) is 11.8 Å². The number of benzene rings is 1. The summed E-state index contributed by atoms with van der Waals surface area (Å²) < 4.78 is 5.64. The first-order valence-corrected chi connectivity index (χ1v) is 6.59. The lowest BCUT2D eigenvalue weighted by Gasteiger charge is -2.26. The van der Waals surface area contributed by atoms with Crippen molar-refractivity contribution in [3.05, 3.63) is 24.3 Å². The standard InChI is InChI=1S/C12H14N2OS/c1-2-4-11-10(3-1)14-12(15-11)16-6-5-9-7-13-8-9/h1-4,9,13H,5-8H2. The minimum atomic E-state index is 0.800. The molecule has 3 nitrogen and oxygen atoms in total. The molecule has 3 rings (SSSR count). The first-order valence-electron chi connectivity index (χ1n) is 5.61. The van der Waals surface area contributed by atoms with Crippen LogP contribution in [0.2, 0.25) is 0 Å². The maximum absolute atomic E-state index is 5.64. The zero-order valence-electron chi connectivity index (χ0n) is 8.98. The van der Waals surface area contributed by atoms with Crippen LogP contribution in [0.1, 0.15) is 6.42 Å². The van der Waals surface area contributed by atoms with Gasteiger partial charge in [-0.15, -0.1) is 0 Å². The van der Waals surface area contributed by atoms with Crippen molar-refractivity contribution in [2.24, 2.45) is 5.92 Å². The molecule has 1 N–H and O–H groups in total. The van der Waals surface area contributed by atoms with Crippen molar-refractivity contribution in [3.63, 3.8) is 0 Å². The molecule has 2 heterocycles. The molecular formula is C12H14N2OS. The number of nitrogens with one attached hydrogen (secondary N) is 1. The third-order valence-electron chi connectivity index (χ3n) is 2.89. The molecule has 4 heteroatoms. The van der Waals surface area contributed by atoms with Crippen molar-refractivity contribution >= 4 is 22.9 Å². The zero-order valence-corrected chi connectivity index (χ0v) is 9.80. The normalized spacial score (nSPS) is 16.5. The highest BCUT2D eigenvalue weighted by molar-refractivity contribution is 7.99. The number of para-hydroxylation sites is 2. The fourth-order valence-electron chi connectivity index (χ4n) is 1.78. The summed E-state index contributed by atoms with van der Waals surface area (Å²) in [4.78, 5) is 4.43. The van der Waals surface area contributed by atoms with E-state index in [2.05, 4.69) is 10.3 Å². The maximum Gasteiger partial charge on any atom is 0.256 e. The minimum absolute atomic E-state index is 0.800. The van der Waals surface area contributed by atoms with E-state index < -0.39 is 0 Å². The number of oxazole rings is 1. The van der Waals surface area contributed by atoms with Crippen LogP contribution in [0.3, 0.4) is 0 Å². The van der Waals surface area contributed by atoms with Crippen LogP contribution in [0, 0.1) is 5.92 Å². The molecule has 1 aliphatic heterocycles. The maximum atomic E-state index is 5.64. The third kappa shape index (κ3) is 2.08. The Balaban J connectivity index is 1.60. The summed E-state index contributed by atoms with van der Waals surface area (Å²) >= 11 is 1.72. The van der Waals surface area contributed by atoms with Gasteiger partial charge in [-0.2, -0.15) is 0 Å². The smallest absolute Gasteiger partial charge is 0.256 e. The lowest BCUT2D eigenvalue weighted by molar-refractivity contribution is 0.341. The molecule has 0 saturated carbocycles. The zero-order chi connectivity index (χ0) is 10.8. The van der Waals surface area contributed by atoms with E-state index in [1.165, 1.54) is 19.5 Å². The highest BCUT2D eigenvalue weighted by Crippen LogP contribution is 2.25. The molecule has 0 amide bonds. The van der Waals surface area contributed by atoms with Crippen LogP contribution < -0.4 is 5.32 Å². The number of thioether (sulfide) groups is 1.